The van der Waals surface area contributed by atoms with Crippen molar-refractivity contribution in [3.63, 3.8) is 0 Å². The molecule has 1 nitrogen and oxygen atoms in total. The Hall–Kier alpha value is -2.92. The van der Waals surface area contributed by atoms with Gasteiger partial charge in [0.1, 0.15) is 4.60 Å². The molecule has 0 aliphatic rings. The minimum Gasteiger partial charge on any atom is -0.249 e. The molecule has 156 valence electrons. The molecule has 4 aromatic rings. The zero-order valence-corrected chi connectivity index (χ0v) is 18.3. The number of halogens is 4. The fourth-order valence-corrected chi connectivity index (χ4v) is 4.27. The minimum atomic E-state index is -4.39. The summed E-state index contributed by atoms with van der Waals surface area (Å²) in [6.45, 7) is 1.95. The van der Waals surface area contributed by atoms with Gasteiger partial charge in [0.15, 0.2) is 0 Å². The van der Waals surface area contributed by atoms with Gasteiger partial charge in [-0.3, -0.25) is 0 Å². The lowest BCUT2D eigenvalue weighted by atomic mass is 9.65. The van der Waals surface area contributed by atoms with Crippen molar-refractivity contribution in [1.82, 2.24) is 4.98 Å². The second kappa shape index (κ2) is 8.31. The van der Waals surface area contributed by atoms with E-state index in [0.29, 0.717) is 0 Å². The summed E-state index contributed by atoms with van der Waals surface area (Å²) in [5, 5.41) is 0. The van der Waals surface area contributed by atoms with E-state index >= 15 is 0 Å². The first kappa shape index (κ1) is 21.3. The van der Waals surface area contributed by atoms with Crippen LogP contribution in [0.4, 0.5) is 13.2 Å². The molecule has 4 rings (SSSR count). The van der Waals surface area contributed by atoms with Crippen molar-refractivity contribution in [3.8, 4) is 0 Å². The summed E-state index contributed by atoms with van der Waals surface area (Å²) < 4.78 is 40.5. The molecule has 0 radical (unpaired) electrons. The molecule has 0 aliphatic heterocycles. The van der Waals surface area contributed by atoms with Gasteiger partial charge in [-0.15, -0.1) is 0 Å². The van der Waals surface area contributed by atoms with Crippen molar-refractivity contribution in [2.75, 3.05) is 0 Å². The van der Waals surface area contributed by atoms with Crippen LogP contribution in [0.25, 0.3) is 0 Å². The van der Waals surface area contributed by atoms with Crippen LogP contribution in [0, 0.1) is 6.92 Å². The number of nitrogens with zero attached hydrogens (tertiary/aromatic N) is 1. The third kappa shape index (κ3) is 3.90. The van der Waals surface area contributed by atoms with Crippen molar-refractivity contribution in [3.05, 3.63) is 135 Å². The number of benzene rings is 3. The molecular formula is C26H19BrF3N. The average Bonchev–Trinajstić information content (AvgIpc) is 2.78. The highest BCUT2D eigenvalue weighted by atomic mass is 79.9. The predicted molar refractivity (Wildman–Crippen MR) is 120 cm³/mol. The summed E-state index contributed by atoms with van der Waals surface area (Å²) in [6.07, 6.45) is -2.61. The van der Waals surface area contributed by atoms with Crippen LogP contribution in [-0.2, 0) is 11.6 Å². The highest BCUT2D eigenvalue weighted by Crippen LogP contribution is 2.46. The van der Waals surface area contributed by atoms with Gasteiger partial charge in [-0.1, -0.05) is 78.9 Å². The van der Waals surface area contributed by atoms with Crippen molar-refractivity contribution in [1.29, 1.82) is 0 Å². The molecule has 0 unspecified atom stereocenters. The lowest BCUT2D eigenvalue weighted by Crippen LogP contribution is -2.31. The molecule has 0 saturated heterocycles. The molecular weight excluding hydrogens is 463 g/mol. The molecule has 0 bridgehead atoms. The number of hydrogen-bond acceptors (Lipinski definition) is 1. The maximum atomic E-state index is 13.3. The summed E-state index contributed by atoms with van der Waals surface area (Å²) in [5.41, 5.74) is 2.96. The largest absolute Gasteiger partial charge is 0.416 e. The van der Waals surface area contributed by atoms with Crippen molar-refractivity contribution < 1.29 is 13.2 Å². The van der Waals surface area contributed by atoms with Crippen LogP contribution in [-0.4, -0.2) is 4.98 Å². The van der Waals surface area contributed by atoms with E-state index in [1.165, 1.54) is 0 Å². The Bertz CT molecular complexity index is 1130. The van der Waals surface area contributed by atoms with Crippen LogP contribution < -0.4 is 0 Å². The molecule has 1 aromatic heterocycles. The zero-order chi connectivity index (χ0) is 22.1. The van der Waals surface area contributed by atoms with Gasteiger partial charge in [0.05, 0.1) is 11.0 Å². The maximum absolute atomic E-state index is 13.3. The third-order valence-electron chi connectivity index (χ3n) is 5.51. The van der Waals surface area contributed by atoms with Gasteiger partial charge in [0, 0.05) is 6.20 Å². The number of aryl methyl sites for hydroxylation is 1. The molecule has 0 saturated carbocycles. The summed E-state index contributed by atoms with van der Waals surface area (Å²) >= 11 is 3.46. The van der Waals surface area contributed by atoms with Gasteiger partial charge in [-0.25, -0.2) is 4.98 Å². The molecule has 5 heteroatoms. The molecule has 0 fully saturated rings. The summed E-state index contributed by atoms with van der Waals surface area (Å²) in [5.74, 6) is 0. The zero-order valence-electron chi connectivity index (χ0n) is 16.7. The highest BCUT2D eigenvalue weighted by molar-refractivity contribution is 9.10. The summed E-state index contributed by atoms with van der Waals surface area (Å²) in [4.78, 5) is 4.51. The Kier molecular flexibility index (Phi) is 5.71. The maximum Gasteiger partial charge on any atom is 0.416 e. The van der Waals surface area contributed by atoms with Crippen LogP contribution in [0.2, 0.25) is 0 Å². The first-order valence-corrected chi connectivity index (χ1v) is 10.5. The summed E-state index contributed by atoms with van der Waals surface area (Å²) in [7, 11) is 0. The Balaban J connectivity index is 2.09. The molecule has 3 aromatic carbocycles. The van der Waals surface area contributed by atoms with E-state index in [1.807, 2.05) is 73.7 Å². The number of rotatable bonds is 4. The predicted octanol–water partition coefficient (Wildman–Crippen LogP) is 7.55. The Labute approximate surface area is 187 Å². The summed E-state index contributed by atoms with van der Waals surface area (Å²) in [6, 6.07) is 27.1. The monoisotopic (exact) mass is 481 g/mol. The topological polar surface area (TPSA) is 12.9 Å². The van der Waals surface area contributed by atoms with Gasteiger partial charge >= 0.3 is 6.18 Å². The first-order chi connectivity index (χ1) is 14.8. The van der Waals surface area contributed by atoms with E-state index in [2.05, 4.69) is 20.9 Å². The Morgan fingerprint density at radius 2 is 1.10 bits per heavy atom. The smallest absolute Gasteiger partial charge is 0.249 e. The lowest BCUT2D eigenvalue weighted by Gasteiger charge is -2.37. The molecule has 1 heterocycles. The number of pyridine rings is 1. The van der Waals surface area contributed by atoms with Crippen molar-refractivity contribution >= 4 is 15.9 Å². The van der Waals surface area contributed by atoms with Crippen LogP contribution in [0.5, 0.6) is 0 Å². The number of alkyl halides is 3. The second-order valence-electron chi connectivity index (χ2n) is 7.39. The third-order valence-corrected chi connectivity index (χ3v) is 6.34. The highest BCUT2D eigenvalue weighted by Gasteiger charge is 2.39. The molecule has 0 spiro atoms. The lowest BCUT2D eigenvalue weighted by molar-refractivity contribution is -0.137. The quantitative estimate of drug-likeness (QED) is 0.216. The van der Waals surface area contributed by atoms with E-state index in [0.717, 1.165) is 44.6 Å². The average molecular weight is 482 g/mol. The number of aromatic nitrogens is 1. The Morgan fingerprint density at radius 3 is 1.55 bits per heavy atom. The van der Waals surface area contributed by atoms with Gasteiger partial charge in [0.25, 0.3) is 0 Å². The van der Waals surface area contributed by atoms with E-state index in [9.17, 15) is 13.2 Å². The van der Waals surface area contributed by atoms with Crippen molar-refractivity contribution in [2.24, 2.45) is 0 Å². The van der Waals surface area contributed by atoms with Gasteiger partial charge in [0.2, 0.25) is 0 Å². The SMILES string of the molecule is Cc1cc(C(c2ccccc2)(c2ccccc2)c2ccc(C(F)(F)F)cc2)cnc1Br. The van der Waals surface area contributed by atoms with Crippen LogP contribution in [0.3, 0.4) is 0 Å². The van der Waals surface area contributed by atoms with E-state index in [1.54, 1.807) is 18.3 Å². The van der Waals surface area contributed by atoms with E-state index in [-0.39, 0.29) is 0 Å². The van der Waals surface area contributed by atoms with E-state index < -0.39 is 17.2 Å². The first-order valence-electron chi connectivity index (χ1n) is 9.75. The fourth-order valence-electron chi connectivity index (χ4n) is 4.05. The molecule has 0 aliphatic carbocycles. The Morgan fingerprint density at radius 1 is 0.645 bits per heavy atom. The number of hydrogen-bond donors (Lipinski definition) is 0. The van der Waals surface area contributed by atoms with Crippen LogP contribution in [0.15, 0.2) is 102 Å². The van der Waals surface area contributed by atoms with Gasteiger partial charge in [-0.2, -0.15) is 13.2 Å². The molecule has 0 atom stereocenters. The second-order valence-corrected chi connectivity index (χ2v) is 8.14. The molecule has 0 N–H and O–H groups in total. The van der Waals surface area contributed by atoms with Crippen molar-refractivity contribution in [2.45, 2.75) is 18.5 Å². The standard InChI is InChI=1S/C26H19BrF3N/c1-18-16-23(17-31-24(18)27)25(19-8-4-2-5-9-19,20-10-6-3-7-11-20)21-12-14-22(15-13-21)26(28,29)30/h2-17H,1H3. The van der Waals surface area contributed by atoms with Gasteiger partial charge in [-0.05, 0) is 62.8 Å². The fraction of sp³-hybridized carbons (Fsp3) is 0.115. The molecule has 31 heavy (non-hydrogen) atoms. The van der Waals surface area contributed by atoms with Gasteiger partial charge < -0.3 is 0 Å². The van der Waals surface area contributed by atoms with E-state index in [4.69, 9.17) is 0 Å². The molecule has 0 amide bonds. The van der Waals surface area contributed by atoms with Crippen LogP contribution in [0.1, 0.15) is 33.4 Å². The minimum absolute atomic E-state index is 0.670. The normalized spacial score (nSPS) is 12.0. The van der Waals surface area contributed by atoms with Crippen LogP contribution >= 0.6 is 15.9 Å².